The van der Waals surface area contributed by atoms with Gasteiger partial charge in [0.1, 0.15) is 12.6 Å². The molecule has 1 atom stereocenters. The molecule has 3 rings (SSSR count). The average Bonchev–Trinajstić information content (AvgIpc) is 2.96. The second-order valence-corrected chi connectivity index (χ2v) is 11.7. The molecule has 3 aromatic rings. The summed E-state index contributed by atoms with van der Waals surface area (Å²) in [4.78, 5) is 29.1. The second kappa shape index (κ2) is 14.7. The number of sulfonamides is 1. The van der Waals surface area contributed by atoms with E-state index in [1.807, 2.05) is 64.1 Å². The standard InChI is InChI=1S/C32H41N3O4S/c1-5-8-21-33-32(37)29(7-3)34(23-26-16-14-15-25(4)22-26)31(36)24-35(30-20-13-12-17-27(30)6-2)40(38,39)28-18-10-9-11-19-28/h9-20,22,29H,5-8,21,23-24H2,1-4H3,(H,33,37)/t29-/m0/s1. The summed E-state index contributed by atoms with van der Waals surface area (Å²) in [6, 6.07) is 22.4. The number of benzene rings is 3. The van der Waals surface area contributed by atoms with Crippen LogP contribution in [0.5, 0.6) is 0 Å². The van der Waals surface area contributed by atoms with Crippen molar-refractivity contribution in [1.82, 2.24) is 10.2 Å². The van der Waals surface area contributed by atoms with E-state index in [4.69, 9.17) is 0 Å². The van der Waals surface area contributed by atoms with Gasteiger partial charge in [-0.25, -0.2) is 8.42 Å². The number of rotatable bonds is 14. The third kappa shape index (κ3) is 7.72. The van der Waals surface area contributed by atoms with Crippen LogP contribution in [0.15, 0.2) is 83.8 Å². The Balaban J connectivity index is 2.06. The molecule has 0 heterocycles. The fraction of sp³-hybridized carbons (Fsp3) is 0.375. The molecular weight excluding hydrogens is 522 g/mol. The quantitative estimate of drug-likeness (QED) is 0.263. The molecule has 0 aromatic heterocycles. The van der Waals surface area contributed by atoms with Crippen LogP contribution < -0.4 is 9.62 Å². The molecule has 0 aliphatic rings. The Bertz CT molecular complexity index is 1380. The minimum atomic E-state index is -4.08. The number of hydrogen-bond acceptors (Lipinski definition) is 4. The fourth-order valence-electron chi connectivity index (χ4n) is 4.72. The Morgan fingerprint density at radius 1 is 0.900 bits per heavy atom. The molecule has 214 valence electrons. The van der Waals surface area contributed by atoms with Crippen LogP contribution in [-0.4, -0.2) is 44.3 Å². The van der Waals surface area contributed by atoms with Crippen LogP contribution in [0.2, 0.25) is 0 Å². The zero-order valence-corrected chi connectivity index (χ0v) is 24.8. The van der Waals surface area contributed by atoms with Gasteiger partial charge < -0.3 is 10.2 Å². The van der Waals surface area contributed by atoms with Gasteiger partial charge in [-0.15, -0.1) is 0 Å². The van der Waals surface area contributed by atoms with Gasteiger partial charge in [0.05, 0.1) is 10.6 Å². The highest BCUT2D eigenvalue weighted by atomic mass is 32.2. The van der Waals surface area contributed by atoms with Gasteiger partial charge >= 0.3 is 0 Å². The first-order chi connectivity index (χ1) is 19.2. The molecule has 0 spiro atoms. The molecule has 1 N–H and O–H groups in total. The van der Waals surface area contributed by atoms with E-state index in [0.29, 0.717) is 25.1 Å². The Kier molecular flexibility index (Phi) is 11.3. The number of aryl methyl sites for hydroxylation is 2. The van der Waals surface area contributed by atoms with E-state index < -0.39 is 28.5 Å². The fourth-order valence-corrected chi connectivity index (χ4v) is 6.19. The Labute approximate surface area is 239 Å². The molecule has 3 aromatic carbocycles. The number of unbranched alkanes of at least 4 members (excludes halogenated alkanes) is 1. The molecule has 0 fully saturated rings. The molecular formula is C32H41N3O4S. The van der Waals surface area contributed by atoms with Crippen molar-refractivity contribution in [2.24, 2.45) is 0 Å². The zero-order valence-electron chi connectivity index (χ0n) is 24.0. The van der Waals surface area contributed by atoms with E-state index >= 15 is 0 Å². The van der Waals surface area contributed by atoms with Gasteiger partial charge in [0.15, 0.2) is 0 Å². The van der Waals surface area contributed by atoms with Gasteiger partial charge in [-0.3, -0.25) is 13.9 Å². The molecule has 0 saturated carbocycles. The zero-order chi connectivity index (χ0) is 29.1. The van der Waals surface area contributed by atoms with E-state index in [1.165, 1.54) is 21.3 Å². The Morgan fingerprint density at radius 2 is 1.60 bits per heavy atom. The maximum atomic E-state index is 14.2. The smallest absolute Gasteiger partial charge is 0.264 e. The SMILES string of the molecule is CCCCNC(=O)[C@H](CC)N(Cc1cccc(C)c1)C(=O)CN(c1ccccc1CC)S(=O)(=O)c1ccccc1. The predicted octanol–water partition coefficient (Wildman–Crippen LogP) is 5.48. The Morgan fingerprint density at radius 3 is 2.25 bits per heavy atom. The first kappa shape index (κ1) is 30.9. The van der Waals surface area contributed by atoms with Crippen LogP contribution in [0.3, 0.4) is 0 Å². The highest BCUT2D eigenvalue weighted by Gasteiger charge is 2.34. The lowest BCUT2D eigenvalue weighted by Crippen LogP contribution is -2.52. The Hall–Kier alpha value is -3.65. The van der Waals surface area contributed by atoms with E-state index in [0.717, 1.165) is 29.5 Å². The molecule has 0 aliphatic heterocycles. The van der Waals surface area contributed by atoms with Gasteiger partial charge in [0.25, 0.3) is 10.0 Å². The molecule has 7 nitrogen and oxygen atoms in total. The van der Waals surface area contributed by atoms with Gasteiger partial charge in [0, 0.05) is 13.1 Å². The molecule has 2 amide bonds. The summed E-state index contributed by atoms with van der Waals surface area (Å²) in [5, 5.41) is 2.96. The molecule has 0 saturated heterocycles. The van der Waals surface area contributed by atoms with Crippen molar-refractivity contribution in [3.05, 3.63) is 95.6 Å². The maximum absolute atomic E-state index is 14.2. The second-order valence-electron chi connectivity index (χ2n) is 9.89. The van der Waals surface area contributed by atoms with Crippen molar-refractivity contribution in [2.75, 3.05) is 17.4 Å². The summed E-state index contributed by atoms with van der Waals surface area (Å²) in [5.41, 5.74) is 3.18. The summed E-state index contributed by atoms with van der Waals surface area (Å²) in [5.74, 6) is -0.673. The van der Waals surface area contributed by atoms with Gasteiger partial charge in [-0.05, 0) is 55.5 Å². The molecule has 40 heavy (non-hydrogen) atoms. The van der Waals surface area contributed by atoms with Crippen molar-refractivity contribution in [3.63, 3.8) is 0 Å². The molecule has 0 unspecified atom stereocenters. The summed E-state index contributed by atoms with van der Waals surface area (Å²) in [6.45, 7) is 8.12. The summed E-state index contributed by atoms with van der Waals surface area (Å²) >= 11 is 0. The number of nitrogens with one attached hydrogen (secondary N) is 1. The number of hydrogen-bond donors (Lipinski definition) is 1. The highest BCUT2D eigenvalue weighted by molar-refractivity contribution is 7.92. The number of anilines is 1. The lowest BCUT2D eigenvalue weighted by molar-refractivity contribution is -0.140. The third-order valence-electron chi connectivity index (χ3n) is 6.90. The third-order valence-corrected chi connectivity index (χ3v) is 8.68. The predicted molar refractivity (Wildman–Crippen MR) is 161 cm³/mol. The first-order valence-electron chi connectivity index (χ1n) is 14.0. The van der Waals surface area contributed by atoms with Crippen LogP contribution in [0, 0.1) is 6.92 Å². The van der Waals surface area contributed by atoms with E-state index in [-0.39, 0.29) is 17.3 Å². The average molecular weight is 564 g/mol. The van der Waals surface area contributed by atoms with Crippen LogP contribution in [0.25, 0.3) is 0 Å². The summed E-state index contributed by atoms with van der Waals surface area (Å²) < 4.78 is 29.2. The van der Waals surface area contributed by atoms with E-state index in [9.17, 15) is 18.0 Å². The van der Waals surface area contributed by atoms with Crippen LogP contribution in [-0.2, 0) is 32.6 Å². The van der Waals surface area contributed by atoms with E-state index in [2.05, 4.69) is 5.32 Å². The van der Waals surface area contributed by atoms with Crippen molar-refractivity contribution in [3.8, 4) is 0 Å². The monoisotopic (exact) mass is 563 g/mol. The normalized spacial score (nSPS) is 12.0. The van der Waals surface area contributed by atoms with Crippen molar-refractivity contribution in [1.29, 1.82) is 0 Å². The minimum Gasteiger partial charge on any atom is -0.354 e. The van der Waals surface area contributed by atoms with Crippen LogP contribution >= 0.6 is 0 Å². The van der Waals surface area contributed by atoms with Gasteiger partial charge in [-0.1, -0.05) is 93.4 Å². The number of para-hydroxylation sites is 1. The van der Waals surface area contributed by atoms with Crippen LogP contribution in [0.1, 0.15) is 56.7 Å². The largest absolute Gasteiger partial charge is 0.354 e. The van der Waals surface area contributed by atoms with Gasteiger partial charge in [-0.2, -0.15) is 0 Å². The lowest BCUT2D eigenvalue weighted by Gasteiger charge is -2.33. The number of carbonyl (C=O) groups is 2. The summed E-state index contributed by atoms with van der Waals surface area (Å²) in [6.07, 6.45) is 2.76. The molecule has 8 heteroatoms. The number of carbonyl (C=O) groups excluding carboxylic acids is 2. The van der Waals surface area contributed by atoms with Crippen molar-refractivity contribution < 1.29 is 18.0 Å². The van der Waals surface area contributed by atoms with Gasteiger partial charge in [0.2, 0.25) is 11.8 Å². The molecule has 0 radical (unpaired) electrons. The topological polar surface area (TPSA) is 86.8 Å². The molecule has 0 aliphatic carbocycles. The van der Waals surface area contributed by atoms with E-state index in [1.54, 1.807) is 30.3 Å². The maximum Gasteiger partial charge on any atom is 0.264 e. The lowest BCUT2D eigenvalue weighted by atomic mass is 10.1. The van der Waals surface area contributed by atoms with Crippen LogP contribution in [0.4, 0.5) is 5.69 Å². The van der Waals surface area contributed by atoms with Crippen molar-refractivity contribution >= 4 is 27.5 Å². The number of amides is 2. The minimum absolute atomic E-state index is 0.100. The molecule has 0 bridgehead atoms. The van der Waals surface area contributed by atoms with Crippen molar-refractivity contribution in [2.45, 2.75) is 70.9 Å². The highest BCUT2D eigenvalue weighted by Crippen LogP contribution is 2.28. The first-order valence-corrected chi connectivity index (χ1v) is 15.4. The summed E-state index contributed by atoms with van der Waals surface area (Å²) in [7, 11) is -4.08. The number of nitrogens with zero attached hydrogens (tertiary/aromatic N) is 2.